The second-order valence-corrected chi connectivity index (χ2v) is 15.4. The summed E-state index contributed by atoms with van der Waals surface area (Å²) in [5.41, 5.74) is 15.2. The minimum absolute atomic E-state index is 0.210. The van der Waals surface area contributed by atoms with Crippen molar-refractivity contribution in [3.8, 4) is 33.4 Å². The fourth-order valence-corrected chi connectivity index (χ4v) is 10.2. The van der Waals surface area contributed by atoms with Crippen LogP contribution in [0.3, 0.4) is 0 Å². The highest BCUT2D eigenvalue weighted by atomic mass is 28.3. The monoisotopic (exact) mass is 476 g/mol. The van der Waals surface area contributed by atoms with E-state index in [4.69, 9.17) is 0 Å². The highest BCUT2D eigenvalue weighted by molar-refractivity contribution is 7.14. The number of rotatable bonds is 0. The van der Waals surface area contributed by atoms with E-state index >= 15 is 0 Å². The summed E-state index contributed by atoms with van der Waals surface area (Å²) in [4.78, 5) is 0. The lowest BCUT2D eigenvalue weighted by Gasteiger charge is -2.39. The summed E-state index contributed by atoms with van der Waals surface area (Å²) < 4.78 is 0. The van der Waals surface area contributed by atoms with E-state index in [0.29, 0.717) is 0 Å². The third kappa shape index (κ3) is 2.94. The molecule has 0 unspecified atom stereocenters. The first-order chi connectivity index (χ1) is 17.4. The van der Waals surface area contributed by atoms with Crippen molar-refractivity contribution < 1.29 is 0 Å². The molecule has 0 fully saturated rings. The fourth-order valence-electron chi connectivity index (χ4n) is 6.83. The molecule has 0 nitrogen and oxygen atoms in total. The molecule has 0 spiro atoms. The summed E-state index contributed by atoms with van der Waals surface area (Å²) in [5, 5.41) is 3.18. The number of fused-ring (bicyclic) bond motifs is 9. The summed E-state index contributed by atoms with van der Waals surface area (Å²) in [5.74, 6) is 0. The van der Waals surface area contributed by atoms with Crippen LogP contribution in [-0.4, -0.2) is 14.8 Å². The van der Waals surface area contributed by atoms with Crippen molar-refractivity contribution in [2.45, 2.75) is 26.9 Å². The predicted molar refractivity (Wildman–Crippen MR) is 160 cm³/mol. The number of aryl methyl sites for hydroxylation is 2. The van der Waals surface area contributed by atoms with Crippen molar-refractivity contribution >= 4 is 41.5 Å². The third-order valence-electron chi connectivity index (χ3n) is 8.48. The predicted octanol–water partition coefficient (Wildman–Crippen LogP) is 5.27. The molecule has 7 rings (SSSR count). The summed E-state index contributed by atoms with van der Waals surface area (Å²) in [6, 6.07) is 39.4. The molecule has 0 radical (unpaired) electrons. The zero-order valence-electron chi connectivity index (χ0n) is 21.4. The molecule has 2 heteroatoms. The minimum Gasteiger partial charge on any atom is -0.0689 e. The smallest absolute Gasteiger partial charge is 0.0689 e. The second-order valence-electron chi connectivity index (χ2n) is 11.1. The van der Waals surface area contributed by atoms with E-state index < -0.39 is 8.07 Å². The van der Waals surface area contributed by atoms with Crippen LogP contribution < -0.4 is 26.8 Å². The van der Waals surface area contributed by atoms with Crippen molar-refractivity contribution in [3.63, 3.8) is 0 Å². The topological polar surface area (TPSA) is 0 Å². The highest BCUT2D eigenvalue weighted by Gasteiger charge is 2.44. The Bertz CT molecular complexity index is 1690. The van der Waals surface area contributed by atoms with Crippen LogP contribution in [-0.2, 0) is 0 Å². The maximum absolute atomic E-state index is 2.55. The molecule has 0 bridgehead atoms. The highest BCUT2D eigenvalue weighted by Crippen LogP contribution is 2.39. The van der Waals surface area contributed by atoms with Crippen LogP contribution in [0.25, 0.3) is 33.4 Å². The van der Waals surface area contributed by atoms with Gasteiger partial charge in [-0.25, -0.2) is 0 Å². The van der Waals surface area contributed by atoms with Gasteiger partial charge < -0.3 is 0 Å². The molecule has 0 atom stereocenters. The van der Waals surface area contributed by atoms with Gasteiger partial charge >= 0.3 is 0 Å². The van der Waals surface area contributed by atoms with Crippen LogP contribution >= 0.6 is 0 Å². The van der Waals surface area contributed by atoms with Crippen LogP contribution in [0, 0.1) is 13.8 Å². The normalized spacial score (nSPS) is 14.3. The van der Waals surface area contributed by atoms with E-state index in [2.05, 4.69) is 130 Å². The van der Waals surface area contributed by atoms with Crippen molar-refractivity contribution in [3.05, 3.63) is 114 Å². The van der Waals surface area contributed by atoms with Crippen molar-refractivity contribution in [1.29, 1.82) is 0 Å². The first-order valence-corrected chi connectivity index (χ1v) is 16.0. The zero-order valence-corrected chi connectivity index (χ0v) is 22.4. The lowest BCUT2D eigenvalue weighted by molar-refractivity contribution is 1.47. The molecule has 0 amide bonds. The average molecular weight is 477 g/mol. The van der Waals surface area contributed by atoms with Gasteiger partial charge in [0.05, 0.1) is 0 Å². The Labute approximate surface area is 215 Å². The van der Waals surface area contributed by atoms with Crippen molar-refractivity contribution in [1.82, 2.24) is 0 Å². The van der Waals surface area contributed by atoms with Crippen LogP contribution in [0.1, 0.15) is 11.1 Å². The Balaban J connectivity index is 1.74. The van der Waals surface area contributed by atoms with Gasteiger partial charge in [0.15, 0.2) is 0 Å². The summed E-state index contributed by atoms with van der Waals surface area (Å²) in [6.07, 6.45) is 0. The molecule has 0 aliphatic carbocycles. The van der Waals surface area contributed by atoms with Gasteiger partial charge in [0, 0.05) is 0 Å². The lowest BCUT2D eigenvalue weighted by atomic mass is 9.35. The molecule has 2 aliphatic rings. The standard InChI is InChI=1S/C34H29BSi/c1-22-17-18-31-32(20-22)36(3,4)33-21-23(2)19-29-27-14-8-6-12-25(27)24-11-5-7-13-26(24)28-15-9-10-16-30(28)35(31)34(29)33/h5-21H,1-4H3. The van der Waals surface area contributed by atoms with Gasteiger partial charge in [-0.2, -0.15) is 0 Å². The summed E-state index contributed by atoms with van der Waals surface area (Å²) in [7, 11) is -1.93. The maximum atomic E-state index is 2.55. The first kappa shape index (κ1) is 21.6. The van der Waals surface area contributed by atoms with Crippen molar-refractivity contribution in [2.75, 3.05) is 0 Å². The van der Waals surface area contributed by atoms with Gasteiger partial charge in [-0.05, 0) is 47.2 Å². The molecule has 36 heavy (non-hydrogen) atoms. The van der Waals surface area contributed by atoms with E-state index in [1.165, 1.54) is 60.9 Å². The van der Waals surface area contributed by atoms with Gasteiger partial charge in [0.2, 0.25) is 6.71 Å². The average Bonchev–Trinajstić information content (AvgIpc) is 2.93. The Morgan fingerprint density at radius 3 is 1.67 bits per heavy atom. The van der Waals surface area contributed by atoms with E-state index in [1.54, 1.807) is 10.4 Å². The second kappa shape index (κ2) is 7.69. The Morgan fingerprint density at radius 1 is 0.472 bits per heavy atom. The maximum Gasteiger partial charge on any atom is 0.242 e. The van der Waals surface area contributed by atoms with Gasteiger partial charge in [-0.15, -0.1) is 0 Å². The third-order valence-corrected chi connectivity index (χ3v) is 12.0. The van der Waals surface area contributed by atoms with Crippen LogP contribution in [0.15, 0.2) is 103 Å². The summed E-state index contributed by atoms with van der Waals surface area (Å²) in [6.45, 7) is 9.83. The Hall–Kier alpha value is -3.62. The molecular weight excluding hydrogens is 447 g/mol. The van der Waals surface area contributed by atoms with E-state index in [1.807, 2.05) is 0 Å². The molecule has 2 aliphatic heterocycles. The Morgan fingerprint density at radius 2 is 1.00 bits per heavy atom. The quantitative estimate of drug-likeness (QED) is 0.262. The van der Waals surface area contributed by atoms with Crippen LogP contribution in [0.4, 0.5) is 0 Å². The SMILES string of the molecule is Cc1ccc2c(c1)[Si](C)(C)c1cc(C)cc3c1B2c1ccccc1-c1ccccc1-c1ccccc1-3. The molecule has 0 aromatic heterocycles. The molecule has 172 valence electrons. The number of hydrogen-bond donors (Lipinski definition) is 0. The minimum atomic E-state index is -1.93. The molecular formula is C34H29BSi. The fraction of sp³-hybridized carbons (Fsp3) is 0.118. The molecule has 2 heterocycles. The summed E-state index contributed by atoms with van der Waals surface area (Å²) >= 11 is 0. The zero-order chi connectivity index (χ0) is 24.6. The Kier molecular flexibility index (Phi) is 4.62. The van der Waals surface area contributed by atoms with Gasteiger partial charge in [-0.3, -0.25) is 0 Å². The number of hydrogen-bond acceptors (Lipinski definition) is 0. The van der Waals surface area contributed by atoms with Gasteiger partial charge in [-0.1, -0.05) is 154 Å². The molecule has 5 aromatic carbocycles. The van der Waals surface area contributed by atoms with Crippen molar-refractivity contribution in [2.24, 2.45) is 0 Å². The van der Waals surface area contributed by atoms with E-state index in [9.17, 15) is 0 Å². The molecule has 0 saturated carbocycles. The molecule has 0 saturated heterocycles. The first-order valence-electron chi connectivity index (χ1n) is 13.0. The number of benzene rings is 5. The van der Waals surface area contributed by atoms with Gasteiger partial charge in [0.25, 0.3) is 0 Å². The van der Waals surface area contributed by atoms with Gasteiger partial charge in [0.1, 0.15) is 8.07 Å². The molecule has 5 aromatic rings. The van der Waals surface area contributed by atoms with Crippen LogP contribution in [0.2, 0.25) is 13.1 Å². The van der Waals surface area contributed by atoms with E-state index in [0.717, 1.165) is 0 Å². The van der Waals surface area contributed by atoms with Crippen LogP contribution in [0.5, 0.6) is 0 Å². The largest absolute Gasteiger partial charge is 0.242 e. The molecule has 0 N–H and O–H groups in total. The lowest BCUT2D eigenvalue weighted by Crippen LogP contribution is -2.77. The van der Waals surface area contributed by atoms with E-state index in [-0.39, 0.29) is 6.71 Å².